The van der Waals surface area contributed by atoms with Crippen LogP contribution in [0.2, 0.25) is 0 Å². The SMILES string of the molecule is Cn1ncc2c1c(N)nn1nnnc21. The van der Waals surface area contributed by atoms with Crippen molar-refractivity contribution in [3.05, 3.63) is 6.20 Å². The van der Waals surface area contributed by atoms with Gasteiger partial charge in [0.2, 0.25) is 5.65 Å². The van der Waals surface area contributed by atoms with Crippen LogP contribution in [0, 0.1) is 0 Å². The van der Waals surface area contributed by atoms with Crippen molar-refractivity contribution in [3.63, 3.8) is 0 Å². The molecule has 0 aliphatic carbocycles. The molecule has 2 N–H and O–H groups in total. The Morgan fingerprint density at radius 2 is 2.29 bits per heavy atom. The highest BCUT2D eigenvalue weighted by atomic mass is 15.6. The van der Waals surface area contributed by atoms with Crippen LogP contribution in [0.4, 0.5) is 5.82 Å². The number of hydrogen-bond acceptors (Lipinski definition) is 6. The van der Waals surface area contributed by atoms with Gasteiger partial charge in [0.05, 0.1) is 11.6 Å². The second kappa shape index (κ2) is 2.16. The van der Waals surface area contributed by atoms with Crippen molar-refractivity contribution < 1.29 is 0 Å². The first-order chi connectivity index (χ1) is 6.77. The third kappa shape index (κ3) is 0.696. The van der Waals surface area contributed by atoms with Gasteiger partial charge in [-0.1, -0.05) is 0 Å². The second-order valence-electron chi connectivity index (χ2n) is 2.91. The molecule has 0 amide bonds. The Morgan fingerprint density at radius 1 is 1.43 bits per heavy atom. The van der Waals surface area contributed by atoms with Crippen molar-refractivity contribution in [2.75, 3.05) is 5.73 Å². The Kier molecular flexibility index (Phi) is 1.11. The fraction of sp³-hybridized carbons (Fsp3) is 0.167. The number of tetrazole rings is 1. The van der Waals surface area contributed by atoms with Crippen molar-refractivity contribution >= 4 is 22.4 Å². The van der Waals surface area contributed by atoms with Gasteiger partial charge in [0.25, 0.3) is 0 Å². The Morgan fingerprint density at radius 3 is 3.14 bits per heavy atom. The molecule has 3 aromatic heterocycles. The minimum absolute atomic E-state index is 0.361. The van der Waals surface area contributed by atoms with E-state index in [-0.39, 0.29) is 0 Å². The summed E-state index contributed by atoms with van der Waals surface area (Å²) in [6.07, 6.45) is 1.67. The highest BCUT2D eigenvalue weighted by molar-refractivity contribution is 5.96. The Balaban J connectivity index is 2.68. The molecule has 0 spiro atoms. The second-order valence-corrected chi connectivity index (χ2v) is 2.91. The van der Waals surface area contributed by atoms with Crippen molar-refractivity contribution in [1.29, 1.82) is 0 Å². The first-order valence-corrected chi connectivity index (χ1v) is 3.93. The van der Waals surface area contributed by atoms with E-state index in [0.29, 0.717) is 11.5 Å². The number of nitrogens with two attached hydrogens (primary N) is 1. The van der Waals surface area contributed by atoms with Gasteiger partial charge in [-0.15, -0.1) is 14.8 Å². The summed E-state index contributed by atoms with van der Waals surface area (Å²) in [5, 5.41) is 19.9. The lowest BCUT2D eigenvalue weighted by atomic mass is 10.3. The lowest BCUT2D eigenvalue weighted by Gasteiger charge is -1.97. The Labute approximate surface area is 77.3 Å². The van der Waals surface area contributed by atoms with E-state index in [1.165, 1.54) is 4.63 Å². The maximum Gasteiger partial charge on any atom is 0.211 e. The summed E-state index contributed by atoms with van der Waals surface area (Å²) in [6, 6.07) is 0. The highest BCUT2D eigenvalue weighted by Gasteiger charge is 2.12. The number of rotatable bonds is 0. The van der Waals surface area contributed by atoms with E-state index in [0.717, 1.165) is 10.9 Å². The third-order valence-electron chi connectivity index (χ3n) is 2.08. The summed E-state index contributed by atoms with van der Waals surface area (Å²) in [6.45, 7) is 0. The molecule has 0 aliphatic heterocycles. The fourth-order valence-corrected chi connectivity index (χ4v) is 1.47. The van der Waals surface area contributed by atoms with Gasteiger partial charge < -0.3 is 5.73 Å². The molecule has 8 nitrogen and oxygen atoms in total. The Bertz CT molecular complexity index is 619. The zero-order chi connectivity index (χ0) is 9.71. The number of aromatic nitrogens is 7. The summed E-state index contributed by atoms with van der Waals surface area (Å²) in [5.41, 5.74) is 7.04. The molecule has 0 bridgehead atoms. The summed E-state index contributed by atoms with van der Waals surface area (Å²) in [5.74, 6) is 0.361. The zero-order valence-electron chi connectivity index (χ0n) is 7.29. The zero-order valence-corrected chi connectivity index (χ0v) is 7.29. The van der Waals surface area contributed by atoms with Gasteiger partial charge in [-0.25, -0.2) is 0 Å². The third-order valence-corrected chi connectivity index (χ3v) is 2.08. The summed E-state index contributed by atoms with van der Waals surface area (Å²) in [7, 11) is 1.79. The lowest BCUT2D eigenvalue weighted by Crippen LogP contribution is -2.03. The van der Waals surface area contributed by atoms with Gasteiger partial charge in [0.1, 0.15) is 5.52 Å². The molecule has 0 radical (unpaired) electrons. The maximum absolute atomic E-state index is 5.74. The molecule has 0 atom stereocenters. The summed E-state index contributed by atoms with van der Waals surface area (Å²) < 4.78 is 2.94. The lowest BCUT2D eigenvalue weighted by molar-refractivity contribution is 0.736. The molecular formula is C6H6N8. The van der Waals surface area contributed by atoms with E-state index < -0.39 is 0 Å². The van der Waals surface area contributed by atoms with Gasteiger partial charge >= 0.3 is 0 Å². The van der Waals surface area contributed by atoms with Crippen LogP contribution >= 0.6 is 0 Å². The van der Waals surface area contributed by atoms with Gasteiger partial charge in [0, 0.05) is 7.05 Å². The van der Waals surface area contributed by atoms with Gasteiger partial charge in [-0.2, -0.15) is 5.10 Å². The molecule has 3 rings (SSSR count). The molecule has 0 fully saturated rings. The normalized spacial score (nSPS) is 11.5. The molecule has 3 aromatic rings. The first-order valence-electron chi connectivity index (χ1n) is 3.93. The van der Waals surface area contributed by atoms with E-state index in [1.54, 1.807) is 17.9 Å². The van der Waals surface area contributed by atoms with Crippen molar-refractivity contribution in [1.82, 2.24) is 35.0 Å². The molecule has 14 heavy (non-hydrogen) atoms. The maximum atomic E-state index is 5.74. The summed E-state index contributed by atoms with van der Waals surface area (Å²) >= 11 is 0. The number of anilines is 1. The standard InChI is InChI=1S/C6H6N8/c1-13-4-3(2-8-13)6-9-11-12-14(6)10-5(4)7/h2H,1H3,(H2,7,10). The highest BCUT2D eigenvalue weighted by Crippen LogP contribution is 2.19. The van der Waals surface area contributed by atoms with Crippen LogP contribution in [0.15, 0.2) is 6.20 Å². The van der Waals surface area contributed by atoms with Crippen molar-refractivity contribution in [3.8, 4) is 0 Å². The average Bonchev–Trinajstić information content (AvgIpc) is 2.71. The number of nitrogen functional groups attached to an aromatic ring is 1. The fourth-order valence-electron chi connectivity index (χ4n) is 1.47. The van der Waals surface area contributed by atoms with E-state index >= 15 is 0 Å². The molecule has 3 heterocycles. The monoisotopic (exact) mass is 190 g/mol. The minimum atomic E-state index is 0.361. The quantitative estimate of drug-likeness (QED) is 0.487. The molecule has 8 heteroatoms. The van der Waals surface area contributed by atoms with Crippen LogP contribution < -0.4 is 5.73 Å². The largest absolute Gasteiger partial charge is 0.380 e. The van der Waals surface area contributed by atoms with Gasteiger partial charge in [-0.05, 0) is 10.4 Å². The molecule has 0 saturated carbocycles. The number of nitrogens with zero attached hydrogens (tertiary/aromatic N) is 7. The topological polar surface area (TPSA) is 99.8 Å². The van der Waals surface area contributed by atoms with E-state index in [2.05, 4.69) is 25.7 Å². The van der Waals surface area contributed by atoms with Crippen molar-refractivity contribution in [2.24, 2.45) is 7.05 Å². The predicted octanol–water partition coefficient (Wildman–Crippen LogP) is -1.01. The molecule has 0 aliphatic rings. The van der Waals surface area contributed by atoms with Crippen LogP contribution in [0.1, 0.15) is 0 Å². The molecule has 0 saturated heterocycles. The van der Waals surface area contributed by atoms with Gasteiger partial charge in [-0.3, -0.25) is 4.68 Å². The molecule has 70 valence electrons. The van der Waals surface area contributed by atoms with Crippen LogP contribution in [-0.2, 0) is 7.05 Å². The number of aryl methyl sites for hydroxylation is 1. The van der Waals surface area contributed by atoms with Crippen LogP contribution in [-0.4, -0.2) is 35.0 Å². The Hall–Kier alpha value is -2.25. The smallest absolute Gasteiger partial charge is 0.211 e. The van der Waals surface area contributed by atoms with Crippen molar-refractivity contribution in [2.45, 2.75) is 0 Å². The van der Waals surface area contributed by atoms with E-state index in [9.17, 15) is 0 Å². The molecule has 0 aromatic carbocycles. The van der Waals surface area contributed by atoms with E-state index in [4.69, 9.17) is 5.73 Å². The average molecular weight is 190 g/mol. The minimum Gasteiger partial charge on any atom is -0.380 e. The van der Waals surface area contributed by atoms with E-state index in [1.807, 2.05) is 0 Å². The van der Waals surface area contributed by atoms with Crippen LogP contribution in [0.5, 0.6) is 0 Å². The molecular weight excluding hydrogens is 184 g/mol. The predicted molar refractivity (Wildman–Crippen MR) is 47.3 cm³/mol. The molecule has 0 unspecified atom stereocenters. The summed E-state index contributed by atoms with van der Waals surface area (Å²) in [4.78, 5) is 0. The number of fused-ring (bicyclic) bond motifs is 3. The first kappa shape index (κ1) is 7.18. The van der Waals surface area contributed by atoms with Crippen LogP contribution in [0.25, 0.3) is 16.6 Å². The van der Waals surface area contributed by atoms with Crippen LogP contribution in [0.3, 0.4) is 0 Å². The van der Waals surface area contributed by atoms with Gasteiger partial charge in [0.15, 0.2) is 5.82 Å². The number of hydrogen-bond donors (Lipinski definition) is 1.